The first kappa shape index (κ1) is 26.2. The fourth-order valence-corrected chi connectivity index (χ4v) is 4.10. The fraction of sp³-hybridized carbons (Fsp3) is 0.429. The smallest absolute Gasteiger partial charge is 0.399 e. The summed E-state index contributed by atoms with van der Waals surface area (Å²) in [6, 6.07) is 19.3. The van der Waals surface area contributed by atoms with Crippen LogP contribution in [0.15, 0.2) is 48.5 Å². The van der Waals surface area contributed by atoms with Crippen molar-refractivity contribution in [3.05, 3.63) is 59.7 Å². The van der Waals surface area contributed by atoms with Gasteiger partial charge in [0.15, 0.2) is 0 Å². The summed E-state index contributed by atoms with van der Waals surface area (Å²) < 4.78 is 24.5. The molecule has 4 rings (SSSR count). The van der Waals surface area contributed by atoms with Crippen LogP contribution in [0.3, 0.4) is 0 Å². The average molecular weight is 482 g/mol. The van der Waals surface area contributed by atoms with Gasteiger partial charge in [-0.05, 0) is 77.4 Å². The van der Waals surface area contributed by atoms with E-state index < -0.39 is 36.6 Å². The van der Waals surface area contributed by atoms with E-state index in [2.05, 4.69) is 12.1 Å². The summed E-state index contributed by atoms with van der Waals surface area (Å²) in [7, 11) is -0.979. The third-order valence-electron chi connectivity index (χ3n) is 7.92. The van der Waals surface area contributed by atoms with Gasteiger partial charge in [-0.15, -0.1) is 0 Å². The van der Waals surface area contributed by atoms with Crippen molar-refractivity contribution in [2.24, 2.45) is 0 Å². The molecule has 2 aromatic carbocycles. The van der Waals surface area contributed by atoms with Crippen molar-refractivity contribution in [3.8, 4) is 12.1 Å². The molecule has 2 aliphatic rings. The van der Waals surface area contributed by atoms with Crippen LogP contribution >= 0.6 is 0 Å². The fourth-order valence-electron chi connectivity index (χ4n) is 4.10. The Bertz CT molecular complexity index is 1140. The predicted octanol–water partition coefficient (Wildman–Crippen LogP) is 4.24. The molecule has 0 radical (unpaired) electrons. The lowest BCUT2D eigenvalue weighted by atomic mass is 9.78. The molecule has 0 aliphatic carbocycles. The number of nitriles is 2. The van der Waals surface area contributed by atoms with Gasteiger partial charge < -0.3 is 18.6 Å². The van der Waals surface area contributed by atoms with Gasteiger partial charge in [0.1, 0.15) is 12.1 Å². The van der Waals surface area contributed by atoms with E-state index in [1.165, 1.54) is 0 Å². The number of hydrogen-bond donors (Lipinski definition) is 0. The first-order valence-corrected chi connectivity index (χ1v) is 12.2. The molecule has 2 fully saturated rings. The summed E-state index contributed by atoms with van der Waals surface area (Å²) in [6.07, 6.45) is 0. The lowest BCUT2D eigenvalue weighted by Gasteiger charge is -2.32. The zero-order valence-corrected chi connectivity index (χ0v) is 22.3. The monoisotopic (exact) mass is 482 g/mol. The number of rotatable bonds is 4. The van der Waals surface area contributed by atoms with Gasteiger partial charge >= 0.3 is 14.2 Å². The van der Waals surface area contributed by atoms with Crippen LogP contribution in [-0.2, 0) is 18.6 Å². The molecule has 0 N–H and O–H groups in total. The lowest BCUT2D eigenvalue weighted by Crippen LogP contribution is -2.41. The van der Waals surface area contributed by atoms with Gasteiger partial charge in [0.05, 0.1) is 33.6 Å². The molecule has 0 atom stereocenters. The van der Waals surface area contributed by atoms with Crippen LogP contribution in [0.4, 0.5) is 0 Å². The Morgan fingerprint density at radius 3 is 1.00 bits per heavy atom. The standard InChI is InChI=1S/C28H32B2N2O4/c1-25(2)26(3,4)34-29(33-25)21-13-9-19(10-14-21)23(17-31)24(18-32)20-11-15-22(16-12-20)30-35-27(5,6)28(7,8)36-30/h9-16H,1-8H3/b24-23+. The van der Waals surface area contributed by atoms with Gasteiger partial charge in [-0.3, -0.25) is 0 Å². The second-order valence-electron chi connectivity index (χ2n) is 11.4. The maximum Gasteiger partial charge on any atom is 0.494 e. The van der Waals surface area contributed by atoms with Crippen LogP contribution in [0.5, 0.6) is 0 Å². The Balaban J connectivity index is 1.59. The highest BCUT2D eigenvalue weighted by Crippen LogP contribution is 2.37. The normalized spacial score (nSPS) is 22.1. The highest BCUT2D eigenvalue weighted by atomic mass is 16.7. The van der Waals surface area contributed by atoms with Crippen LogP contribution in [0, 0.1) is 22.7 Å². The minimum absolute atomic E-state index is 0.307. The van der Waals surface area contributed by atoms with Crippen molar-refractivity contribution in [3.63, 3.8) is 0 Å². The maximum absolute atomic E-state index is 9.95. The molecule has 184 valence electrons. The average Bonchev–Trinajstić information content (AvgIpc) is 3.17. The van der Waals surface area contributed by atoms with Crippen molar-refractivity contribution in [1.29, 1.82) is 10.5 Å². The molecule has 0 aromatic heterocycles. The SMILES string of the molecule is CC1(C)OB(c2ccc(/C(C#N)=C(\C#N)c3ccc(B4OC(C)(C)C(C)(C)O4)cc3)cc2)OC1(C)C. The molecule has 0 unspecified atom stereocenters. The second kappa shape index (κ2) is 8.91. The molecule has 2 aromatic rings. The third-order valence-corrected chi connectivity index (χ3v) is 7.92. The number of allylic oxidation sites excluding steroid dienone is 2. The molecule has 0 amide bonds. The maximum atomic E-state index is 9.95. The van der Waals surface area contributed by atoms with E-state index in [9.17, 15) is 10.5 Å². The van der Waals surface area contributed by atoms with E-state index >= 15 is 0 Å². The van der Waals surface area contributed by atoms with Crippen molar-refractivity contribution in [2.75, 3.05) is 0 Å². The van der Waals surface area contributed by atoms with Crippen LogP contribution in [-0.4, -0.2) is 36.6 Å². The van der Waals surface area contributed by atoms with Crippen LogP contribution in [0.25, 0.3) is 11.1 Å². The van der Waals surface area contributed by atoms with Crippen LogP contribution in [0.2, 0.25) is 0 Å². The molecule has 8 heteroatoms. The Morgan fingerprint density at radius 2 is 0.778 bits per heavy atom. The van der Waals surface area contributed by atoms with Crippen molar-refractivity contribution in [1.82, 2.24) is 0 Å². The van der Waals surface area contributed by atoms with Gasteiger partial charge in [-0.1, -0.05) is 48.5 Å². The summed E-state index contributed by atoms with van der Waals surface area (Å²) in [5, 5.41) is 19.9. The van der Waals surface area contributed by atoms with Crippen molar-refractivity contribution < 1.29 is 18.6 Å². The minimum atomic E-state index is -0.489. The minimum Gasteiger partial charge on any atom is -0.399 e. The molecule has 2 saturated heterocycles. The van der Waals surface area contributed by atoms with Gasteiger partial charge in [0.2, 0.25) is 0 Å². The largest absolute Gasteiger partial charge is 0.494 e. The van der Waals surface area contributed by atoms with Crippen LogP contribution in [0.1, 0.15) is 66.5 Å². The van der Waals surface area contributed by atoms with Crippen molar-refractivity contribution >= 4 is 36.3 Å². The quantitative estimate of drug-likeness (QED) is 0.368. The zero-order chi connectivity index (χ0) is 26.5. The summed E-state index contributed by atoms with van der Waals surface area (Å²) in [6.45, 7) is 16.1. The molecule has 0 spiro atoms. The topological polar surface area (TPSA) is 84.5 Å². The van der Waals surface area contributed by atoms with Gasteiger partial charge in [-0.25, -0.2) is 0 Å². The number of hydrogen-bond acceptors (Lipinski definition) is 6. The van der Waals surface area contributed by atoms with Crippen LogP contribution < -0.4 is 10.9 Å². The van der Waals surface area contributed by atoms with Gasteiger partial charge in [0, 0.05) is 0 Å². The Kier molecular flexibility index (Phi) is 6.48. The Labute approximate surface area is 215 Å². The molecule has 36 heavy (non-hydrogen) atoms. The molecule has 2 aliphatic heterocycles. The first-order valence-electron chi connectivity index (χ1n) is 12.2. The van der Waals surface area contributed by atoms with E-state index in [1.54, 1.807) is 0 Å². The number of benzene rings is 2. The summed E-state index contributed by atoms with van der Waals surface area (Å²) in [5.41, 5.74) is 1.90. The molecular weight excluding hydrogens is 450 g/mol. The molecule has 2 heterocycles. The first-order chi connectivity index (χ1) is 16.7. The van der Waals surface area contributed by atoms with E-state index in [1.807, 2.05) is 104 Å². The third kappa shape index (κ3) is 4.51. The summed E-state index contributed by atoms with van der Waals surface area (Å²) >= 11 is 0. The molecular formula is C28H32B2N2O4. The van der Waals surface area contributed by atoms with E-state index in [0.717, 1.165) is 10.9 Å². The molecule has 6 nitrogen and oxygen atoms in total. The van der Waals surface area contributed by atoms with E-state index in [-0.39, 0.29) is 0 Å². The zero-order valence-electron chi connectivity index (χ0n) is 22.3. The lowest BCUT2D eigenvalue weighted by molar-refractivity contribution is 0.00578. The summed E-state index contributed by atoms with van der Waals surface area (Å²) in [4.78, 5) is 0. The number of nitrogens with zero attached hydrogens (tertiary/aromatic N) is 2. The highest BCUT2D eigenvalue weighted by Gasteiger charge is 2.52. The second-order valence-corrected chi connectivity index (χ2v) is 11.4. The predicted molar refractivity (Wildman–Crippen MR) is 142 cm³/mol. The van der Waals surface area contributed by atoms with E-state index in [4.69, 9.17) is 18.6 Å². The van der Waals surface area contributed by atoms with Gasteiger partial charge in [-0.2, -0.15) is 10.5 Å². The summed E-state index contributed by atoms with van der Waals surface area (Å²) in [5.74, 6) is 0. The Morgan fingerprint density at radius 1 is 0.528 bits per heavy atom. The molecule has 0 saturated carbocycles. The van der Waals surface area contributed by atoms with Gasteiger partial charge in [0.25, 0.3) is 0 Å². The Hall–Kier alpha value is -2.87. The molecule has 0 bridgehead atoms. The van der Waals surface area contributed by atoms with E-state index in [0.29, 0.717) is 22.3 Å². The van der Waals surface area contributed by atoms with Crippen molar-refractivity contribution in [2.45, 2.75) is 77.8 Å². The highest BCUT2D eigenvalue weighted by molar-refractivity contribution is 6.62.